The van der Waals surface area contributed by atoms with Crippen molar-refractivity contribution in [3.63, 3.8) is 0 Å². The van der Waals surface area contributed by atoms with E-state index in [1.54, 1.807) is 30.3 Å². The van der Waals surface area contributed by atoms with E-state index in [0.29, 0.717) is 17.1 Å². The number of hydrogen-bond acceptors (Lipinski definition) is 6. The first-order valence-electron chi connectivity index (χ1n) is 9.54. The molecule has 0 radical (unpaired) electrons. The summed E-state index contributed by atoms with van der Waals surface area (Å²) in [6.45, 7) is 5.95. The minimum atomic E-state index is -3.85. The minimum absolute atomic E-state index is 0.0483. The van der Waals surface area contributed by atoms with Gasteiger partial charge < -0.3 is 9.26 Å². The number of methoxy groups -OCH3 is 1. The molecule has 0 unspecified atom stereocenters. The summed E-state index contributed by atoms with van der Waals surface area (Å²) in [6.07, 6.45) is 0. The Balaban J connectivity index is 1.78. The first kappa shape index (κ1) is 22.4. The third kappa shape index (κ3) is 4.72. The number of benzene rings is 2. The summed E-state index contributed by atoms with van der Waals surface area (Å²) in [6, 6.07) is 14.2. The van der Waals surface area contributed by atoms with E-state index in [4.69, 9.17) is 9.26 Å². The minimum Gasteiger partial charge on any atom is -0.495 e. The Bertz CT molecular complexity index is 1180. The number of carbonyl (C=O) groups excluding carboxylic acids is 1. The molecule has 0 aliphatic carbocycles. The molecule has 0 spiro atoms. The van der Waals surface area contributed by atoms with E-state index < -0.39 is 15.9 Å². The van der Waals surface area contributed by atoms with Gasteiger partial charge in [0.05, 0.1) is 23.4 Å². The molecule has 0 aliphatic heterocycles. The molecule has 9 heteroatoms. The van der Waals surface area contributed by atoms with Crippen molar-refractivity contribution in [3.8, 4) is 5.75 Å². The Labute approximate surface area is 181 Å². The van der Waals surface area contributed by atoms with Gasteiger partial charge in [-0.25, -0.2) is 8.42 Å². The first-order valence-corrected chi connectivity index (χ1v) is 11.0. The second-order valence-corrected chi connectivity index (χ2v) is 9.92. The van der Waals surface area contributed by atoms with Crippen LogP contribution in [0.3, 0.4) is 0 Å². The molecule has 2 aromatic carbocycles. The van der Waals surface area contributed by atoms with Crippen LogP contribution in [0.15, 0.2) is 64.0 Å². The van der Waals surface area contributed by atoms with Crippen LogP contribution in [-0.4, -0.2) is 33.6 Å². The zero-order chi connectivity index (χ0) is 22.8. The molecule has 1 amide bonds. The second-order valence-electron chi connectivity index (χ2n) is 7.95. The van der Waals surface area contributed by atoms with E-state index in [0.717, 1.165) is 4.31 Å². The van der Waals surface area contributed by atoms with Gasteiger partial charge in [0.15, 0.2) is 0 Å². The highest BCUT2D eigenvalue weighted by molar-refractivity contribution is 7.92. The average Bonchev–Trinajstić information content (AvgIpc) is 3.22. The largest absolute Gasteiger partial charge is 0.495 e. The first-order chi connectivity index (χ1) is 14.5. The highest BCUT2D eigenvalue weighted by Gasteiger charge is 2.24. The SMILES string of the molecule is COc1ccccc1N(C)S(=O)(=O)c1ccc(C(=O)Nc2cc(C(C)(C)C)no2)cc1. The molecule has 0 saturated carbocycles. The van der Waals surface area contributed by atoms with Gasteiger partial charge >= 0.3 is 0 Å². The molecule has 164 valence electrons. The number of amides is 1. The smallest absolute Gasteiger partial charge is 0.264 e. The van der Waals surface area contributed by atoms with Crippen molar-refractivity contribution in [2.45, 2.75) is 31.1 Å². The molecule has 0 saturated heterocycles. The topological polar surface area (TPSA) is 102 Å². The Morgan fingerprint density at radius 3 is 2.32 bits per heavy atom. The normalized spacial score (nSPS) is 11.8. The van der Waals surface area contributed by atoms with Crippen LogP contribution in [0.4, 0.5) is 11.6 Å². The van der Waals surface area contributed by atoms with Gasteiger partial charge in [-0.05, 0) is 36.4 Å². The van der Waals surface area contributed by atoms with E-state index in [2.05, 4.69) is 10.5 Å². The van der Waals surface area contributed by atoms with Gasteiger partial charge in [0.25, 0.3) is 15.9 Å². The molecule has 0 bridgehead atoms. The average molecular weight is 444 g/mol. The third-order valence-corrected chi connectivity index (χ3v) is 6.50. The Hall–Kier alpha value is -3.33. The van der Waals surface area contributed by atoms with Crippen LogP contribution < -0.4 is 14.4 Å². The van der Waals surface area contributed by atoms with Gasteiger partial charge in [0.1, 0.15) is 5.75 Å². The standard InChI is InChI=1S/C22H25N3O5S/c1-22(2,3)19-14-20(30-24-19)23-21(26)15-10-12-16(13-11-15)31(27,28)25(4)17-8-6-7-9-18(17)29-5/h6-14H,1-5H3,(H,23,26). The van der Waals surface area contributed by atoms with Crippen molar-refractivity contribution in [3.05, 3.63) is 65.9 Å². The quantitative estimate of drug-likeness (QED) is 0.616. The Morgan fingerprint density at radius 2 is 1.74 bits per heavy atom. The van der Waals surface area contributed by atoms with Gasteiger partial charge in [-0.3, -0.25) is 14.4 Å². The van der Waals surface area contributed by atoms with E-state index in [1.807, 2.05) is 20.8 Å². The predicted octanol–water partition coefficient (Wildman–Crippen LogP) is 4.06. The molecular formula is C22H25N3O5S. The van der Waals surface area contributed by atoms with E-state index >= 15 is 0 Å². The van der Waals surface area contributed by atoms with E-state index in [-0.39, 0.29) is 21.8 Å². The number of rotatable bonds is 6. The lowest BCUT2D eigenvalue weighted by atomic mass is 9.92. The Morgan fingerprint density at radius 1 is 1.10 bits per heavy atom. The van der Waals surface area contributed by atoms with Gasteiger partial charge in [0, 0.05) is 24.1 Å². The summed E-state index contributed by atoms with van der Waals surface area (Å²) < 4.78 is 37.6. The molecule has 1 aromatic heterocycles. The molecular weight excluding hydrogens is 418 g/mol. The van der Waals surface area contributed by atoms with Crippen LogP contribution >= 0.6 is 0 Å². The van der Waals surface area contributed by atoms with Crippen molar-refractivity contribution >= 4 is 27.5 Å². The second kappa shape index (κ2) is 8.43. The number of ether oxygens (including phenoxy) is 1. The van der Waals surface area contributed by atoms with E-state index in [9.17, 15) is 13.2 Å². The fraction of sp³-hybridized carbons (Fsp3) is 0.273. The molecule has 31 heavy (non-hydrogen) atoms. The number of sulfonamides is 1. The lowest BCUT2D eigenvalue weighted by Crippen LogP contribution is -2.27. The maximum Gasteiger partial charge on any atom is 0.264 e. The van der Waals surface area contributed by atoms with Crippen molar-refractivity contribution in [2.75, 3.05) is 23.8 Å². The summed E-state index contributed by atoms with van der Waals surface area (Å²) in [5, 5.41) is 6.59. The summed E-state index contributed by atoms with van der Waals surface area (Å²) >= 11 is 0. The number of hydrogen-bond donors (Lipinski definition) is 1. The zero-order valence-corrected chi connectivity index (χ0v) is 18.9. The molecule has 3 rings (SSSR count). The highest BCUT2D eigenvalue weighted by Crippen LogP contribution is 2.31. The fourth-order valence-corrected chi connectivity index (χ4v) is 4.03. The van der Waals surface area contributed by atoms with E-state index in [1.165, 1.54) is 38.4 Å². The molecule has 0 aliphatic rings. The molecule has 0 atom stereocenters. The molecule has 0 fully saturated rings. The van der Waals surface area contributed by atoms with Crippen molar-refractivity contribution in [1.82, 2.24) is 5.16 Å². The van der Waals surface area contributed by atoms with Gasteiger partial charge in [-0.1, -0.05) is 38.1 Å². The molecule has 3 aromatic rings. The van der Waals surface area contributed by atoms with Crippen LogP contribution in [0.5, 0.6) is 5.75 Å². The van der Waals surface area contributed by atoms with Gasteiger partial charge in [0.2, 0.25) is 5.88 Å². The number of nitrogens with zero attached hydrogens (tertiary/aromatic N) is 2. The third-order valence-electron chi connectivity index (χ3n) is 4.71. The van der Waals surface area contributed by atoms with Crippen LogP contribution in [0, 0.1) is 0 Å². The molecule has 1 N–H and O–H groups in total. The predicted molar refractivity (Wildman–Crippen MR) is 118 cm³/mol. The number of anilines is 2. The summed E-state index contributed by atoms with van der Waals surface area (Å²) in [5.74, 6) is 0.229. The van der Waals surface area contributed by atoms with Crippen LogP contribution in [-0.2, 0) is 15.4 Å². The van der Waals surface area contributed by atoms with Crippen LogP contribution in [0.25, 0.3) is 0 Å². The molecule has 1 heterocycles. The Kier molecular flexibility index (Phi) is 6.08. The van der Waals surface area contributed by atoms with Crippen molar-refractivity contribution < 1.29 is 22.5 Å². The maximum absolute atomic E-state index is 13.0. The number of nitrogens with one attached hydrogen (secondary N) is 1. The monoisotopic (exact) mass is 443 g/mol. The maximum atomic E-state index is 13.0. The lowest BCUT2D eigenvalue weighted by molar-refractivity contribution is 0.102. The zero-order valence-electron chi connectivity index (χ0n) is 18.0. The fourth-order valence-electron chi connectivity index (χ4n) is 2.83. The highest BCUT2D eigenvalue weighted by atomic mass is 32.2. The van der Waals surface area contributed by atoms with Crippen LogP contribution in [0.1, 0.15) is 36.8 Å². The summed E-state index contributed by atoms with van der Waals surface area (Å²) in [5.41, 5.74) is 1.19. The van der Waals surface area contributed by atoms with Crippen molar-refractivity contribution in [2.24, 2.45) is 0 Å². The van der Waals surface area contributed by atoms with Gasteiger partial charge in [-0.2, -0.15) is 0 Å². The van der Waals surface area contributed by atoms with Gasteiger partial charge in [-0.15, -0.1) is 0 Å². The van der Waals surface area contributed by atoms with Crippen molar-refractivity contribution in [1.29, 1.82) is 0 Å². The molecule has 8 nitrogen and oxygen atoms in total. The lowest BCUT2D eigenvalue weighted by Gasteiger charge is -2.21. The number of aromatic nitrogens is 1. The number of carbonyl (C=O) groups is 1. The number of para-hydroxylation sites is 2. The summed E-state index contributed by atoms with van der Waals surface area (Å²) in [7, 11) is -0.919. The van der Waals surface area contributed by atoms with Crippen LogP contribution in [0.2, 0.25) is 0 Å². The summed E-state index contributed by atoms with van der Waals surface area (Å²) in [4.78, 5) is 12.5.